The fourth-order valence-corrected chi connectivity index (χ4v) is 4.47. The first-order valence-electron chi connectivity index (χ1n) is 10.6. The van der Waals surface area contributed by atoms with Gasteiger partial charge in [-0.05, 0) is 54.7 Å². The van der Waals surface area contributed by atoms with Crippen molar-refractivity contribution in [2.75, 3.05) is 6.54 Å². The van der Waals surface area contributed by atoms with E-state index in [2.05, 4.69) is 5.32 Å². The zero-order valence-electron chi connectivity index (χ0n) is 17.4. The third kappa shape index (κ3) is 4.25. The van der Waals surface area contributed by atoms with Gasteiger partial charge in [-0.3, -0.25) is 19.0 Å². The van der Waals surface area contributed by atoms with Crippen LogP contribution in [-0.4, -0.2) is 45.1 Å². The number of nitrogens with zero attached hydrogens (tertiary/aromatic N) is 2. The lowest BCUT2D eigenvalue weighted by Gasteiger charge is -2.31. The minimum Gasteiger partial charge on any atom is -0.391 e. The maximum Gasteiger partial charge on any atom is 0.268 e. The first-order chi connectivity index (χ1) is 14.8. The molecule has 1 aliphatic carbocycles. The zero-order valence-corrected chi connectivity index (χ0v) is 17.4. The molecule has 8 heteroatoms. The highest BCUT2D eigenvalue weighted by Crippen LogP contribution is 2.24. The number of fused-ring (bicyclic) bond motifs is 1. The number of hydrogen-bond acceptors (Lipinski definition) is 4. The van der Waals surface area contributed by atoms with Gasteiger partial charge < -0.3 is 15.3 Å². The molecule has 164 valence electrons. The van der Waals surface area contributed by atoms with Crippen molar-refractivity contribution in [3.63, 3.8) is 0 Å². The van der Waals surface area contributed by atoms with Crippen LogP contribution in [-0.2, 0) is 17.8 Å². The Labute approximate surface area is 179 Å². The fourth-order valence-electron chi connectivity index (χ4n) is 4.47. The molecule has 1 saturated carbocycles. The summed E-state index contributed by atoms with van der Waals surface area (Å²) in [6.07, 6.45) is 4.48. The van der Waals surface area contributed by atoms with E-state index in [0.29, 0.717) is 49.2 Å². The van der Waals surface area contributed by atoms with E-state index in [1.54, 1.807) is 11.1 Å². The van der Waals surface area contributed by atoms with Crippen molar-refractivity contribution < 1.29 is 19.1 Å². The summed E-state index contributed by atoms with van der Waals surface area (Å²) in [6, 6.07) is 5.05. The van der Waals surface area contributed by atoms with Gasteiger partial charge in [-0.2, -0.15) is 0 Å². The number of aliphatic hydroxyl groups is 1. The maximum atomic E-state index is 13.4. The zero-order chi connectivity index (χ0) is 22.1. The summed E-state index contributed by atoms with van der Waals surface area (Å²) in [5, 5.41) is 13.1. The van der Waals surface area contributed by atoms with Crippen LogP contribution in [0.15, 0.2) is 35.3 Å². The first kappa shape index (κ1) is 21.2. The number of nitrogens with one attached hydrogen (secondary N) is 1. The highest BCUT2D eigenvalue weighted by Gasteiger charge is 2.30. The average molecular weight is 427 g/mol. The van der Waals surface area contributed by atoms with Gasteiger partial charge in [0.05, 0.1) is 12.1 Å². The van der Waals surface area contributed by atoms with E-state index in [9.17, 15) is 23.9 Å². The first-order valence-corrected chi connectivity index (χ1v) is 10.6. The molecule has 0 saturated heterocycles. The third-order valence-electron chi connectivity index (χ3n) is 6.22. The molecule has 1 aliphatic heterocycles. The largest absolute Gasteiger partial charge is 0.391 e. The summed E-state index contributed by atoms with van der Waals surface area (Å²) in [4.78, 5) is 40.2. The molecular weight excluding hydrogens is 401 g/mol. The summed E-state index contributed by atoms with van der Waals surface area (Å²) in [7, 11) is 0. The average Bonchev–Trinajstić information content (AvgIpc) is 2.75. The SMILES string of the molecule is CC(=O)N1CCc2c(cn(-c3ccc(F)cc3)c(=O)c2C(=O)N[C@@H]2CCCC[C@H]2O)C1. The number of rotatable bonds is 3. The standard InChI is InChI=1S/C23H26FN3O4/c1-14(28)26-11-10-18-15(12-26)13-27(17-8-6-16(24)7-9-17)23(31)21(18)22(30)25-19-4-2-3-5-20(19)29/h6-9,13,19-20,29H,2-5,10-12H2,1H3,(H,25,30)/t19-,20-/m1/s1. The van der Waals surface area contributed by atoms with Gasteiger partial charge in [0.2, 0.25) is 5.91 Å². The van der Waals surface area contributed by atoms with Crippen molar-refractivity contribution in [2.24, 2.45) is 0 Å². The minimum absolute atomic E-state index is 0.0304. The Morgan fingerprint density at radius 2 is 1.87 bits per heavy atom. The molecule has 1 aromatic carbocycles. The van der Waals surface area contributed by atoms with Gasteiger partial charge in [-0.1, -0.05) is 12.8 Å². The molecule has 2 N–H and O–H groups in total. The third-order valence-corrected chi connectivity index (χ3v) is 6.22. The van der Waals surface area contributed by atoms with Crippen LogP contribution in [0.1, 0.15) is 54.1 Å². The predicted octanol–water partition coefficient (Wildman–Crippen LogP) is 1.91. The van der Waals surface area contributed by atoms with Crippen LogP contribution in [0.25, 0.3) is 5.69 Å². The number of hydrogen-bond donors (Lipinski definition) is 2. The van der Waals surface area contributed by atoms with E-state index < -0.39 is 29.4 Å². The second kappa shape index (κ2) is 8.63. The number of pyridine rings is 1. The van der Waals surface area contributed by atoms with Gasteiger partial charge >= 0.3 is 0 Å². The predicted molar refractivity (Wildman–Crippen MR) is 113 cm³/mol. The molecule has 4 rings (SSSR count). The van der Waals surface area contributed by atoms with Crippen molar-refractivity contribution in [3.8, 4) is 5.69 Å². The van der Waals surface area contributed by atoms with E-state index >= 15 is 0 Å². The van der Waals surface area contributed by atoms with Crippen LogP contribution in [0.3, 0.4) is 0 Å². The van der Waals surface area contributed by atoms with Crippen LogP contribution < -0.4 is 10.9 Å². The Morgan fingerprint density at radius 1 is 1.16 bits per heavy atom. The quantitative estimate of drug-likeness (QED) is 0.783. The van der Waals surface area contributed by atoms with Gasteiger partial charge in [-0.25, -0.2) is 4.39 Å². The summed E-state index contributed by atoms with van der Waals surface area (Å²) in [6.45, 7) is 2.20. The highest BCUT2D eigenvalue weighted by molar-refractivity contribution is 5.96. The molecule has 2 heterocycles. The fraction of sp³-hybridized carbons (Fsp3) is 0.435. The summed E-state index contributed by atoms with van der Waals surface area (Å²) < 4.78 is 14.7. The Morgan fingerprint density at radius 3 is 2.55 bits per heavy atom. The van der Waals surface area contributed by atoms with Gasteiger partial charge in [0, 0.05) is 31.9 Å². The van der Waals surface area contributed by atoms with E-state index in [-0.39, 0.29) is 11.5 Å². The second-order valence-corrected chi connectivity index (χ2v) is 8.28. The molecule has 2 aromatic rings. The Kier molecular flexibility index (Phi) is 5.91. The minimum atomic E-state index is -0.634. The number of carbonyl (C=O) groups is 2. The summed E-state index contributed by atoms with van der Waals surface area (Å²) in [5.41, 5.74) is 1.30. The smallest absolute Gasteiger partial charge is 0.268 e. The Hall–Kier alpha value is -3.00. The number of halogens is 1. The van der Waals surface area contributed by atoms with Crippen molar-refractivity contribution in [1.82, 2.24) is 14.8 Å². The lowest BCUT2D eigenvalue weighted by Crippen LogP contribution is -2.47. The van der Waals surface area contributed by atoms with Gasteiger partial charge in [-0.15, -0.1) is 0 Å². The van der Waals surface area contributed by atoms with Crippen LogP contribution >= 0.6 is 0 Å². The monoisotopic (exact) mass is 427 g/mol. The molecule has 2 aliphatic rings. The van der Waals surface area contributed by atoms with Crippen molar-refractivity contribution >= 4 is 11.8 Å². The lowest BCUT2D eigenvalue weighted by atomic mass is 9.91. The van der Waals surface area contributed by atoms with Gasteiger partial charge in [0.25, 0.3) is 11.5 Å². The van der Waals surface area contributed by atoms with Crippen LogP contribution in [0, 0.1) is 5.82 Å². The molecule has 1 aromatic heterocycles. The van der Waals surface area contributed by atoms with Crippen molar-refractivity contribution in [1.29, 1.82) is 0 Å². The Balaban J connectivity index is 1.79. The molecule has 0 unspecified atom stereocenters. The van der Waals surface area contributed by atoms with E-state index in [0.717, 1.165) is 12.8 Å². The molecule has 0 spiro atoms. The lowest BCUT2D eigenvalue weighted by molar-refractivity contribution is -0.129. The molecule has 0 radical (unpaired) electrons. The maximum absolute atomic E-state index is 13.4. The number of aromatic nitrogens is 1. The number of benzene rings is 1. The normalized spacial score (nSPS) is 20.8. The van der Waals surface area contributed by atoms with Crippen molar-refractivity contribution in [3.05, 3.63) is 63.3 Å². The Bertz CT molecular complexity index is 1060. The molecule has 0 bridgehead atoms. The van der Waals surface area contributed by atoms with E-state index in [4.69, 9.17) is 0 Å². The number of aliphatic hydroxyl groups excluding tert-OH is 1. The topological polar surface area (TPSA) is 91.6 Å². The molecule has 1 fully saturated rings. The molecular formula is C23H26FN3O4. The summed E-state index contributed by atoms with van der Waals surface area (Å²) >= 11 is 0. The number of carbonyl (C=O) groups excluding carboxylic acids is 2. The van der Waals surface area contributed by atoms with Crippen LogP contribution in [0.2, 0.25) is 0 Å². The van der Waals surface area contributed by atoms with Crippen LogP contribution in [0.5, 0.6) is 0 Å². The van der Waals surface area contributed by atoms with Gasteiger partial charge in [0.15, 0.2) is 0 Å². The summed E-state index contributed by atoms with van der Waals surface area (Å²) in [5.74, 6) is -1.02. The van der Waals surface area contributed by atoms with Gasteiger partial charge in [0.1, 0.15) is 11.4 Å². The second-order valence-electron chi connectivity index (χ2n) is 8.28. The number of amides is 2. The molecule has 2 atom stereocenters. The van der Waals surface area contributed by atoms with E-state index in [1.807, 2.05) is 0 Å². The van der Waals surface area contributed by atoms with Crippen LogP contribution in [0.4, 0.5) is 4.39 Å². The molecule has 7 nitrogen and oxygen atoms in total. The van der Waals surface area contributed by atoms with E-state index in [1.165, 1.54) is 35.8 Å². The molecule has 31 heavy (non-hydrogen) atoms. The molecule has 2 amide bonds. The highest BCUT2D eigenvalue weighted by atomic mass is 19.1. The van der Waals surface area contributed by atoms with Crippen molar-refractivity contribution in [2.45, 2.75) is 57.7 Å².